The summed E-state index contributed by atoms with van der Waals surface area (Å²) in [5.41, 5.74) is 6.10. The van der Waals surface area contributed by atoms with Crippen molar-refractivity contribution in [1.29, 1.82) is 5.26 Å². The van der Waals surface area contributed by atoms with Crippen molar-refractivity contribution in [1.82, 2.24) is 19.2 Å². The molecule has 1 fully saturated rings. The average Bonchev–Trinajstić information content (AvgIpc) is 3.72. The van der Waals surface area contributed by atoms with Crippen LogP contribution in [-0.2, 0) is 20.0 Å². The number of hydrogen-bond donors (Lipinski definition) is 0. The highest BCUT2D eigenvalue weighted by molar-refractivity contribution is 7.13. The second-order valence-corrected chi connectivity index (χ2v) is 10.8. The van der Waals surface area contributed by atoms with Crippen molar-refractivity contribution >= 4 is 17.2 Å². The minimum Gasteiger partial charge on any atom is -0.496 e. The lowest BCUT2D eigenvalue weighted by atomic mass is 9.92. The molecule has 5 heterocycles. The molecule has 0 aliphatic carbocycles. The van der Waals surface area contributed by atoms with Crippen LogP contribution in [0.15, 0.2) is 48.0 Å². The number of nitriles is 1. The quantitative estimate of drug-likeness (QED) is 0.342. The number of benzene rings is 1. The first kappa shape index (κ1) is 23.6. The van der Waals surface area contributed by atoms with Crippen molar-refractivity contribution in [3.8, 4) is 44.8 Å². The van der Waals surface area contributed by atoms with Crippen LogP contribution in [-0.4, -0.2) is 44.3 Å². The molecule has 0 bridgehead atoms. The number of fused-ring (bicyclic) bond motifs is 3. The third kappa shape index (κ3) is 3.60. The molecule has 1 unspecified atom stereocenters. The summed E-state index contributed by atoms with van der Waals surface area (Å²) in [6, 6.07) is 14.9. The number of carbonyl (C=O) groups excluding carboxylic acids is 1. The molecule has 0 N–H and O–H groups in total. The second kappa shape index (κ2) is 8.93. The predicted molar refractivity (Wildman–Crippen MR) is 145 cm³/mol. The topological polar surface area (TPSA) is 76.1 Å². The lowest BCUT2D eigenvalue weighted by Crippen LogP contribution is -2.46. The Morgan fingerprint density at radius 3 is 2.76 bits per heavy atom. The molecule has 2 aliphatic rings. The molecule has 1 amide bonds. The highest BCUT2D eigenvalue weighted by Gasteiger charge is 2.44. The van der Waals surface area contributed by atoms with Crippen molar-refractivity contribution in [2.45, 2.75) is 44.7 Å². The summed E-state index contributed by atoms with van der Waals surface area (Å²) in [6.45, 7) is 3.31. The van der Waals surface area contributed by atoms with E-state index in [9.17, 15) is 10.1 Å². The molecule has 1 atom stereocenters. The van der Waals surface area contributed by atoms with Gasteiger partial charge in [0.1, 0.15) is 17.0 Å². The zero-order valence-electron chi connectivity index (χ0n) is 21.3. The molecule has 0 spiro atoms. The van der Waals surface area contributed by atoms with E-state index in [1.54, 1.807) is 23.1 Å². The monoisotopic (exact) mass is 511 g/mol. The van der Waals surface area contributed by atoms with Gasteiger partial charge in [0.25, 0.3) is 5.91 Å². The number of nitrogens with zero attached hydrogens (tertiary/aromatic N) is 5. The van der Waals surface area contributed by atoms with Gasteiger partial charge in [-0.15, -0.1) is 11.3 Å². The maximum absolute atomic E-state index is 14.1. The molecule has 7 nitrogen and oxygen atoms in total. The highest BCUT2D eigenvalue weighted by Crippen LogP contribution is 2.46. The minimum absolute atomic E-state index is 0.0492. The Morgan fingerprint density at radius 1 is 1.22 bits per heavy atom. The molecular formula is C29H29N5O2S. The van der Waals surface area contributed by atoms with Gasteiger partial charge in [0.2, 0.25) is 0 Å². The number of ether oxygens (including phenoxy) is 1. The Labute approximate surface area is 220 Å². The molecule has 0 saturated carbocycles. The summed E-state index contributed by atoms with van der Waals surface area (Å²) in [7, 11) is 3.60. The number of thiophene rings is 1. The van der Waals surface area contributed by atoms with Gasteiger partial charge in [-0.25, -0.2) is 0 Å². The summed E-state index contributed by atoms with van der Waals surface area (Å²) in [5.74, 6) is 0.747. The minimum atomic E-state index is -0.725. The van der Waals surface area contributed by atoms with E-state index in [0.717, 1.165) is 58.0 Å². The van der Waals surface area contributed by atoms with Crippen LogP contribution in [0.25, 0.3) is 33.0 Å². The molecule has 6 rings (SSSR count). The number of aryl methyl sites for hydroxylation is 2. The van der Waals surface area contributed by atoms with Crippen LogP contribution in [0.3, 0.4) is 0 Å². The largest absolute Gasteiger partial charge is 0.496 e. The van der Waals surface area contributed by atoms with E-state index in [1.807, 2.05) is 43.3 Å². The first-order valence-electron chi connectivity index (χ1n) is 12.7. The van der Waals surface area contributed by atoms with E-state index in [4.69, 9.17) is 4.74 Å². The lowest BCUT2D eigenvalue weighted by molar-refractivity contribution is 0.0657. The number of rotatable bonds is 5. The first-order valence-corrected chi connectivity index (χ1v) is 13.6. The second-order valence-electron chi connectivity index (χ2n) is 9.81. The Morgan fingerprint density at radius 2 is 2.08 bits per heavy atom. The van der Waals surface area contributed by atoms with Gasteiger partial charge < -0.3 is 14.2 Å². The van der Waals surface area contributed by atoms with E-state index < -0.39 is 5.54 Å². The standard InChI is InChI=1S/C29H29N5O2S/c1-4-29(18-30)10-6-11-34(29)28(35)24-17-22(26-7-5-14-37-26)27-20-16-21(23-9-12-32(2)31-23)25(36-3)15-19(20)8-13-33(24)27/h5,7,9,12,14-17H,4,6,8,10-11,13H2,1-3H3. The smallest absolute Gasteiger partial charge is 0.271 e. The molecule has 4 aromatic rings. The van der Waals surface area contributed by atoms with Crippen LogP contribution in [0, 0.1) is 11.3 Å². The molecule has 8 heteroatoms. The number of carbonyl (C=O) groups is 1. The number of aromatic nitrogens is 3. The Hall–Kier alpha value is -3.83. The maximum Gasteiger partial charge on any atom is 0.271 e. The van der Waals surface area contributed by atoms with Crippen LogP contribution < -0.4 is 4.74 Å². The first-order chi connectivity index (χ1) is 18.0. The summed E-state index contributed by atoms with van der Waals surface area (Å²) >= 11 is 1.67. The Bertz CT molecular complexity index is 1540. The van der Waals surface area contributed by atoms with E-state index in [0.29, 0.717) is 25.2 Å². The van der Waals surface area contributed by atoms with Gasteiger partial charge in [-0.1, -0.05) is 13.0 Å². The normalized spacial score (nSPS) is 18.4. The molecule has 1 saturated heterocycles. The molecule has 188 valence electrons. The van der Waals surface area contributed by atoms with Gasteiger partial charge in [-0.3, -0.25) is 9.48 Å². The van der Waals surface area contributed by atoms with Crippen LogP contribution in [0.1, 0.15) is 42.2 Å². The highest BCUT2D eigenvalue weighted by atomic mass is 32.1. The molecule has 1 aromatic carbocycles. The van der Waals surface area contributed by atoms with Crippen molar-refractivity contribution in [3.05, 3.63) is 59.2 Å². The van der Waals surface area contributed by atoms with Gasteiger partial charge >= 0.3 is 0 Å². The average molecular weight is 512 g/mol. The Balaban J connectivity index is 1.56. The van der Waals surface area contributed by atoms with Gasteiger partial charge in [0, 0.05) is 47.9 Å². The summed E-state index contributed by atoms with van der Waals surface area (Å²) in [5, 5.41) is 16.7. The number of amides is 1. The summed E-state index contributed by atoms with van der Waals surface area (Å²) in [6.07, 6.45) is 4.94. The van der Waals surface area contributed by atoms with Crippen molar-refractivity contribution in [2.24, 2.45) is 7.05 Å². The van der Waals surface area contributed by atoms with Crippen molar-refractivity contribution < 1.29 is 9.53 Å². The lowest BCUT2D eigenvalue weighted by Gasteiger charge is -2.32. The number of likely N-dealkylation sites (tertiary alicyclic amines) is 1. The zero-order chi connectivity index (χ0) is 25.7. The van der Waals surface area contributed by atoms with E-state index in [1.165, 1.54) is 5.56 Å². The number of hydrogen-bond acceptors (Lipinski definition) is 5. The fourth-order valence-electron chi connectivity index (χ4n) is 5.95. The maximum atomic E-state index is 14.1. The molecule has 0 radical (unpaired) electrons. The van der Waals surface area contributed by atoms with Gasteiger partial charge in [-0.05, 0) is 67.0 Å². The third-order valence-electron chi connectivity index (χ3n) is 7.90. The van der Waals surface area contributed by atoms with Crippen LogP contribution in [0.5, 0.6) is 5.75 Å². The fraction of sp³-hybridized carbons (Fsp3) is 0.345. The van der Waals surface area contributed by atoms with E-state index in [-0.39, 0.29) is 5.91 Å². The van der Waals surface area contributed by atoms with Gasteiger partial charge in [-0.2, -0.15) is 10.4 Å². The fourth-order valence-corrected chi connectivity index (χ4v) is 6.70. The van der Waals surface area contributed by atoms with Crippen LogP contribution in [0.2, 0.25) is 0 Å². The summed E-state index contributed by atoms with van der Waals surface area (Å²) in [4.78, 5) is 17.0. The summed E-state index contributed by atoms with van der Waals surface area (Å²) < 4.78 is 9.74. The number of methoxy groups -OCH3 is 1. The predicted octanol–water partition coefficient (Wildman–Crippen LogP) is 5.76. The van der Waals surface area contributed by atoms with Crippen LogP contribution in [0.4, 0.5) is 0 Å². The molecule has 2 aliphatic heterocycles. The van der Waals surface area contributed by atoms with Gasteiger partial charge in [0.05, 0.1) is 24.6 Å². The van der Waals surface area contributed by atoms with Crippen molar-refractivity contribution in [2.75, 3.05) is 13.7 Å². The van der Waals surface area contributed by atoms with Gasteiger partial charge in [0.15, 0.2) is 0 Å². The molecular weight excluding hydrogens is 482 g/mol. The SMILES string of the molecule is CCC1(C#N)CCCN1C(=O)c1cc(-c2cccs2)c2n1CCc1cc(OC)c(-c3ccn(C)n3)cc1-2. The van der Waals surface area contributed by atoms with Crippen LogP contribution >= 0.6 is 11.3 Å². The molecule has 3 aromatic heterocycles. The van der Waals surface area contributed by atoms with E-state index >= 15 is 0 Å². The van der Waals surface area contributed by atoms with Crippen molar-refractivity contribution in [3.63, 3.8) is 0 Å². The molecule has 37 heavy (non-hydrogen) atoms. The Kier molecular flexibility index (Phi) is 5.68. The zero-order valence-corrected chi connectivity index (χ0v) is 22.1. The van der Waals surface area contributed by atoms with E-state index in [2.05, 4.69) is 39.3 Å². The third-order valence-corrected chi connectivity index (χ3v) is 8.81.